The van der Waals surface area contributed by atoms with Crippen molar-refractivity contribution in [2.75, 3.05) is 17.7 Å². The number of fused-ring (bicyclic) bond motifs is 2. The minimum atomic E-state index is -4.41. The zero-order valence-electron chi connectivity index (χ0n) is 18.7. The fraction of sp³-hybridized carbons (Fsp3) is 0.160. The molecular formula is C25H21F3N6. The molecule has 0 unspecified atom stereocenters. The van der Waals surface area contributed by atoms with Crippen molar-refractivity contribution in [3.8, 4) is 11.1 Å². The first kappa shape index (κ1) is 21.7. The minimum absolute atomic E-state index is 0.280. The molecule has 0 fully saturated rings. The Morgan fingerprint density at radius 2 is 1.74 bits per heavy atom. The highest BCUT2D eigenvalue weighted by atomic mass is 19.4. The third kappa shape index (κ3) is 3.89. The van der Waals surface area contributed by atoms with E-state index in [0.29, 0.717) is 17.4 Å². The van der Waals surface area contributed by atoms with E-state index >= 15 is 0 Å². The number of aromatic nitrogens is 4. The van der Waals surface area contributed by atoms with Gasteiger partial charge in [-0.2, -0.15) is 13.2 Å². The van der Waals surface area contributed by atoms with Crippen LogP contribution in [0.5, 0.6) is 0 Å². The molecule has 172 valence electrons. The van der Waals surface area contributed by atoms with Crippen molar-refractivity contribution in [2.45, 2.75) is 13.1 Å². The van der Waals surface area contributed by atoms with Crippen molar-refractivity contribution < 1.29 is 13.2 Å². The lowest BCUT2D eigenvalue weighted by Gasteiger charge is -2.12. The summed E-state index contributed by atoms with van der Waals surface area (Å²) in [4.78, 5) is 13.1. The Balaban J connectivity index is 1.50. The summed E-state index contributed by atoms with van der Waals surface area (Å²) in [6.07, 6.45) is -2.63. The Morgan fingerprint density at radius 3 is 2.50 bits per heavy atom. The van der Waals surface area contributed by atoms with Gasteiger partial charge in [0.15, 0.2) is 0 Å². The largest absolute Gasteiger partial charge is 0.416 e. The Bertz CT molecular complexity index is 1540. The number of alkyl halides is 3. The molecule has 0 bridgehead atoms. The third-order valence-corrected chi connectivity index (χ3v) is 5.82. The van der Waals surface area contributed by atoms with Crippen LogP contribution in [0.4, 0.5) is 30.8 Å². The van der Waals surface area contributed by atoms with Crippen LogP contribution >= 0.6 is 0 Å². The van der Waals surface area contributed by atoms with Gasteiger partial charge >= 0.3 is 6.18 Å². The number of halogens is 3. The normalized spacial score (nSPS) is 11.8. The van der Waals surface area contributed by atoms with Crippen LogP contribution in [0.1, 0.15) is 11.1 Å². The molecule has 2 heterocycles. The van der Waals surface area contributed by atoms with E-state index < -0.39 is 11.7 Å². The summed E-state index contributed by atoms with van der Waals surface area (Å²) in [6.45, 7) is 2.03. The topological polar surface area (TPSA) is 67.7 Å². The van der Waals surface area contributed by atoms with Crippen molar-refractivity contribution in [2.24, 2.45) is 7.05 Å². The zero-order chi connectivity index (χ0) is 24.0. The maximum absolute atomic E-state index is 13.1. The summed E-state index contributed by atoms with van der Waals surface area (Å²) in [7, 11) is 3.54. The molecule has 6 nitrogen and oxygen atoms in total. The van der Waals surface area contributed by atoms with Crippen LogP contribution in [0.3, 0.4) is 0 Å². The molecule has 5 rings (SSSR count). The average molecular weight is 462 g/mol. The molecule has 0 aliphatic carbocycles. The first-order valence-corrected chi connectivity index (χ1v) is 10.6. The van der Waals surface area contributed by atoms with Gasteiger partial charge in [-0.15, -0.1) is 0 Å². The molecule has 0 aliphatic rings. The summed E-state index contributed by atoms with van der Waals surface area (Å²) in [5.41, 5.74) is 4.89. The van der Waals surface area contributed by atoms with Crippen LogP contribution in [-0.4, -0.2) is 26.6 Å². The van der Waals surface area contributed by atoms with Crippen molar-refractivity contribution in [1.29, 1.82) is 0 Å². The molecule has 0 saturated carbocycles. The van der Waals surface area contributed by atoms with E-state index in [1.54, 1.807) is 24.9 Å². The van der Waals surface area contributed by atoms with E-state index in [0.717, 1.165) is 45.4 Å². The van der Waals surface area contributed by atoms with Crippen LogP contribution in [0.25, 0.3) is 33.1 Å². The quantitative estimate of drug-likeness (QED) is 0.328. The molecule has 2 N–H and O–H groups in total. The lowest BCUT2D eigenvalue weighted by molar-refractivity contribution is -0.137. The molecule has 0 saturated heterocycles. The van der Waals surface area contributed by atoms with Crippen LogP contribution in [0.2, 0.25) is 0 Å². The van der Waals surface area contributed by atoms with Gasteiger partial charge in [-0.1, -0.05) is 12.1 Å². The Morgan fingerprint density at radius 1 is 0.912 bits per heavy atom. The average Bonchev–Trinajstić information content (AvgIpc) is 3.13. The highest BCUT2D eigenvalue weighted by Gasteiger charge is 2.31. The Kier molecular flexibility index (Phi) is 5.11. The van der Waals surface area contributed by atoms with Crippen molar-refractivity contribution >= 4 is 39.5 Å². The smallest absolute Gasteiger partial charge is 0.357 e. The monoisotopic (exact) mass is 462 g/mol. The SMILES string of the molecule is CNc1ncc2cc(-c3cc(Nc4nc5cc(C(F)(F)F)ccc5n4C)ccc3C)ccc2n1. The summed E-state index contributed by atoms with van der Waals surface area (Å²) < 4.78 is 41.0. The summed E-state index contributed by atoms with van der Waals surface area (Å²) in [5, 5.41) is 7.10. The van der Waals surface area contributed by atoms with E-state index in [-0.39, 0.29) is 5.52 Å². The van der Waals surface area contributed by atoms with Crippen LogP contribution in [-0.2, 0) is 13.2 Å². The molecule has 0 aliphatic heterocycles. The number of anilines is 3. The number of rotatable bonds is 4. The van der Waals surface area contributed by atoms with Gasteiger partial charge in [0.2, 0.25) is 11.9 Å². The lowest BCUT2D eigenvalue weighted by atomic mass is 9.98. The predicted octanol–water partition coefficient (Wildman–Crippen LogP) is 6.30. The van der Waals surface area contributed by atoms with Crippen LogP contribution in [0.15, 0.2) is 60.8 Å². The van der Waals surface area contributed by atoms with E-state index in [4.69, 9.17) is 0 Å². The van der Waals surface area contributed by atoms with Gasteiger partial charge in [-0.05, 0) is 66.1 Å². The van der Waals surface area contributed by atoms with Crippen LogP contribution in [0, 0.1) is 6.92 Å². The minimum Gasteiger partial charge on any atom is -0.357 e. The number of hydrogen-bond donors (Lipinski definition) is 2. The number of aryl methyl sites for hydroxylation is 2. The van der Waals surface area contributed by atoms with E-state index in [9.17, 15) is 13.2 Å². The lowest BCUT2D eigenvalue weighted by Crippen LogP contribution is -2.04. The molecule has 0 amide bonds. The number of nitrogens with one attached hydrogen (secondary N) is 2. The Labute approximate surface area is 193 Å². The second-order valence-electron chi connectivity index (χ2n) is 8.07. The molecule has 2 aromatic heterocycles. The molecular weight excluding hydrogens is 441 g/mol. The van der Waals surface area contributed by atoms with Gasteiger partial charge in [0.1, 0.15) is 0 Å². The van der Waals surface area contributed by atoms with E-state index in [1.165, 1.54) is 6.07 Å². The second-order valence-corrected chi connectivity index (χ2v) is 8.07. The third-order valence-electron chi connectivity index (χ3n) is 5.82. The maximum Gasteiger partial charge on any atom is 0.416 e. The van der Waals surface area contributed by atoms with E-state index in [1.807, 2.05) is 43.3 Å². The molecule has 9 heteroatoms. The van der Waals surface area contributed by atoms with Crippen molar-refractivity contribution in [1.82, 2.24) is 19.5 Å². The van der Waals surface area contributed by atoms with Crippen LogP contribution < -0.4 is 10.6 Å². The van der Waals surface area contributed by atoms with Gasteiger partial charge < -0.3 is 15.2 Å². The molecule has 3 aromatic carbocycles. The first-order chi connectivity index (χ1) is 16.2. The highest BCUT2D eigenvalue weighted by molar-refractivity contribution is 5.86. The number of nitrogens with zero attached hydrogens (tertiary/aromatic N) is 4. The van der Waals surface area contributed by atoms with Gasteiger partial charge in [-0.3, -0.25) is 0 Å². The standard InChI is InChI=1S/C25H21F3N6/c1-14-4-7-18(12-19(14)15-5-8-20-16(10-15)13-30-23(29-2)32-20)31-24-33-21-11-17(25(26,27)28)6-9-22(21)34(24)3/h4-13H,1-3H3,(H,31,33)(H,29,30,32). The predicted molar refractivity (Wildman–Crippen MR) is 128 cm³/mol. The molecule has 0 spiro atoms. The number of hydrogen-bond acceptors (Lipinski definition) is 5. The Hall–Kier alpha value is -4.14. The summed E-state index contributed by atoms with van der Waals surface area (Å²) in [5.74, 6) is 1.02. The second kappa shape index (κ2) is 8.02. The molecule has 5 aromatic rings. The van der Waals surface area contributed by atoms with E-state index in [2.05, 4.69) is 25.6 Å². The van der Waals surface area contributed by atoms with Crippen molar-refractivity contribution in [3.05, 3.63) is 71.9 Å². The number of benzene rings is 3. The fourth-order valence-corrected chi connectivity index (χ4v) is 3.95. The van der Waals surface area contributed by atoms with Gasteiger partial charge in [0, 0.05) is 31.4 Å². The van der Waals surface area contributed by atoms with Crippen molar-refractivity contribution in [3.63, 3.8) is 0 Å². The fourth-order valence-electron chi connectivity index (χ4n) is 3.95. The maximum atomic E-state index is 13.1. The van der Waals surface area contributed by atoms with Gasteiger partial charge in [-0.25, -0.2) is 15.0 Å². The molecule has 34 heavy (non-hydrogen) atoms. The summed E-state index contributed by atoms with van der Waals surface area (Å²) in [6, 6.07) is 15.5. The number of imidazole rings is 1. The molecule has 0 atom stereocenters. The zero-order valence-corrected chi connectivity index (χ0v) is 18.7. The molecule has 0 radical (unpaired) electrons. The highest BCUT2D eigenvalue weighted by Crippen LogP contribution is 2.33. The summed E-state index contributed by atoms with van der Waals surface area (Å²) >= 11 is 0. The van der Waals surface area contributed by atoms with Gasteiger partial charge in [0.25, 0.3) is 0 Å². The first-order valence-electron chi connectivity index (χ1n) is 10.6. The van der Waals surface area contributed by atoms with Gasteiger partial charge in [0.05, 0.1) is 22.1 Å².